The number of thiophene rings is 2. The molecule has 2 aromatic carbocycles. The summed E-state index contributed by atoms with van der Waals surface area (Å²) in [6.45, 7) is 4.38. The SMILES string of the molecule is Cc1sc2c(c1-c1ccc(N)nc1)CCCC2.Cc1sc2c(c1-c1ccc(NC(=O)c3ccccc3F)nc1)CCCC2.ClCCl.O=C(Cl)c1c(F)cccc1F. The van der Waals surface area contributed by atoms with Crippen LogP contribution in [0.5, 0.6) is 0 Å². The van der Waals surface area contributed by atoms with Crippen molar-refractivity contribution in [3.8, 4) is 22.3 Å². The van der Waals surface area contributed by atoms with E-state index in [1.54, 1.807) is 34.8 Å². The maximum absolute atomic E-state index is 13.7. The molecule has 6 aromatic rings. The van der Waals surface area contributed by atoms with Gasteiger partial charge in [-0.15, -0.1) is 45.9 Å². The predicted octanol–water partition coefficient (Wildman–Crippen LogP) is 12.7. The second kappa shape index (κ2) is 20.9. The number of carbonyl (C=O) groups is 2. The number of fused-ring (bicyclic) bond motifs is 2. The maximum Gasteiger partial charge on any atom is 0.259 e. The van der Waals surface area contributed by atoms with Crippen LogP contribution in [0.4, 0.5) is 24.8 Å². The molecular weight excluding hydrogens is 832 g/mol. The number of rotatable bonds is 5. The highest BCUT2D eigenvalue weighted by Gasteiger charge is 2.21. The third-order valence-electron chi connectivity index (χ3n) is 9.34. The summed E-state index contributed by atoms with van der Waals surface area (Å²) in [7, 11) is 0. The zero-order chi connectivity index (χ0) is 41.1. The summed E-state index contributed by atoms with van der Waals surface area (Å²) in [5, 5.41) is 1.73. The summed E-state index contributed by atoms with van der Waals surface area (Å²) in [4.78, 5) is 37.0. The number of pyridine rings is 2. The molecule has 0 aliphatic heterocycles. The zero-order valence-electron chi connectivity index (χ0n) is 31.2. The Morgan fingerprint density at radius 1 is 0.702 bits per heavy atom. The van der Waals surface area contributed by atoms with Crippen molar-refractivity contribution in [1.82, 2.24) is 9.97 Å². The molecule has 298 valence electrons. The first kappa shape index (κ1) is 43.9. The number of carbonyl (C=O) groups excluding carboxylic acids is 2. The number of amides is 1. The third kappa shape index (κ3) is 11.2. The molecule has 2 aliphatic rings. The normalized spacial score (nSPS) is 12.6. The van der Waals surface area contributed by atoms with Gasteiger partial charge < -0.3 is 11.1 Å². The minimum absolute atomic E-state index is 0.0149. The lowest BCUT2D eigenvalue weighted by Crippen LogP contribution is -2.14. The number of halogens is 6. The van der Waals surface area contributed by atoms with Gasteiger partial charge in [0.2, 0.25) is 0 Å². The highest BCUT2D eigenvalue weighted by molar-refractivity contribution is 7.13. The number of benzene rings is 2. The summed E-state index contributed by atoms with van der Waals surface area (Å²) in [5.41, 5.74) is 13.0. The van der Waals surface area contributed by atoms with E-state index in [-0.39, 0.29) is 10.9 Å². The molecule has 4 aromatic heterocycles. The Labute approximate surface area is 353 Å². The first-order valence-corrected chi connectivity index (χ1v) is 21.2. The Kier molecular flexibility index (Phi) is 16.1. The molecule has 4 heterocycles. The standard InChI is InChI=1S/C21H19FN2OS.C14H16N2S.C7H3ClF2O.CH2Cl2/c1-13-20(16-7-3-5-9-18(16)26-13)14-10-11-19(23-12-14)24-21(25)15-6-2-4-8-17(15)22;1-9-14(10-6-7-13(15)16-8-10)11-4-2-3-5-12(11)17-9;8-7(11)6-4(9)2-1-3-5(6)10;2-1-3/h2,4,6,8,10-12H,3,5,7,9H2,1H3,(H,23,24,25);6-8H,2-5H2,1H3,(H2,15,16);1-3H;1H2. The molecular formula is C43H40Cl3F3N4O2S2. The summed E-state index contributed by atoms with van der Waals surface area (Å²) in [6.07, 6.45) is 13.6. The van der Waals surface area contributed by atoms with Gasteiger partial charge >= 0.3 is 0 Å². The fourth-order valence-electron chi connectivity index (χ4n) is 6.84. The minimum Gasteiger partial charge on any atom is -0.384 e. The summed E-state index contributed by atoms with van der Waals surface area (Å²) < 4.78 is 38.8. The van der Waals surface area contributed by atoms with Crippen molar-refractivity contribution in [2.45, 2.75) is 65.2 Å². The van der Waals surface area contributed by atoms with Gasteiger partial charge in [-0.2, -0.15) is 0 Å². The molecule has 0 radical (unpaired) electrons. The first-order valence-electron chi connectivity index (χ1n) is 18.2. The Morgan fingerprint density at radius 3 is 1.65 bits per heavy atom. The highest BCUT2D eigenvalue weighted by Crippen LogP contribution is 2.41. The lowest BCUT2D eigenvalue weighted by atomic mass is 9.92. The van der Waals surface area contributed by atoms with E-state index in [0.717, 1.165) is 30.2 Å². The molecule has 8 rings (SSSR count). The van der Waals surface area contributed by atoms with Gasteiger partial charge in [0.05, 0.1) is 10.9 Å². The zero-order valence-corrected chi connectivity index (χ0v) is 35.1. The molecule has 0 saturated carbocycles. The van der Waals surface area contributed by atoms with Gasteiger partial charge in [0.25, 0.3) is 11.1 Å². The predicted molar refractivity (Wildman–Crippen MR) is 230 cm³/mol. The van der Waals surface area contributed by atoms with Crippen molar-refractivity contribution in [3.05, 3.63) is 138 Å². The topological polar surface area (TPSA) is 98.0 Å². The van der Waals surface area contributed by atoms with Crippen LogP contribution in [0, 0.1) is 31.3 Å². The van der Waals surface area contributed by atoms with E-state index in [0.29, 0.717) is 11.6 Å². The molecule has 0 saturated heterocycles. The van der Waals surface area contributed by atoms with Gasteiger partial charge in [-0.25, -0.2) is 23.1 Å². The van der Waals surface area contributed by atoms with Crippen molar-refractivity contribution in [2.24, 2.45) is 0 Å². The van der Waals surface area contributed by atoms with E-state index >= 15 is 0 Å². The molecule has 14 heteroatoms. The van der Waals surface area contributed by atoms with Crippen LogP contribution in [0.1, 0.15) is 77.0 Å². The van der Waals surface area contributed by atoms with Gasteiger partial charge in [-0.05, 0) is 136 Å². The van der Waals surface area contributed by atoms with Gasteiger partial charge in [-0.3, -0.25) is 9.59 Å². The van der Waals surface area contributed by atoms with E-state index in [1.165, 1.54) is 94.0 Å². The van der Waals surface area contributed by atoms with E-state index in [4.69, 9.17) is 40.5 Å². The van der Waals surface area contributed by atoms with Crippen LogP contribution in [0.15, 0.2) is 79.1 Å². The number of nitrogens with zero attached hydrogens (tertiary/aromatic N) is 2. The van der Waals surface area contributed by atoms with Gasteiger partial charge in [0, 0.05) is 54.2 Å². The molecule has 2 aliphatic carbocycles. The third-order valence-corrected chi connectivity index (χ3v) is 11.9. The highest BCUT2D eigenvalue weighted by atomic mass is 35.5. The first-order chi connectivity index (χ1) is 27.4. The van der Waals surface area contributed by atoms with Gasteiger partial charge in [0.15, 0.2) is 0 Å². The number of hydrogen-bond acceptors (Lipinski definition) is 7. The van der Waals surface area contributed by atoms with Crippen molar-refractivity contribution in [1.29, 1.82) is 0 Å². The molecule has 1 amide bonds. The summed E-state index contributed by atoms with van der Waals surface area (Å²) in [6, 6.07) is 16.8. The van der Waals surface area contributed by atoms with E-state index in [2.05, 4.69) is 35.2 Å². The van der Waals surface area contributed by atoms with Crippen molar-refractivity contribution in [3.63, 3.8) is 0 Å². The molecule has 0 bridgehead atoms. The Bertz CT molecular complexity index is 2300. The minimum atomic E-state index is -1.12. The lowest BCUT2D eigenvalue weighted by molar-refractivity contribution is 0.102. The van der Waals surface area contributed by atoms with Gasteiger partial charge in [0.1, 0.15) is 34.7 Å². The summed E-state index contributed by atoms with van der Waals surface area (Å²) >= 11 is 18.3. The number of aryl methyl sites for hydroxylation is 4. The number of hydrogen-bond donors (Lipinski definition) is 2. The largest absolute Gasteiger partial charge is 0.384 e. The van der Waals surface area contributed by atoms with E-state index in [1.807, 2.05) is 41.0 Å². The van der Waals surface area contributed by atoms with E-state index in [9.17, 15) is 22.8 Å². The Balaban J connectivity index is 0.000000171. The quantitative estimate of drug-likeness (QED) is 0.133. The Hall–Kier alpha value is -4.26. The van der Waals surface area contributed by atoms with Crippen LogP contribution in [0.25, 0.3) is 22.3 Å². The van der Waals surface area contributed by atoms with Crippen LogP contribution >= 0.6 is 57.5 Å². The number of alkyl halides is 2. The number of nitrogen functional groups attached to an aromatic ring is 1. The molecule has 0 fully saturated rings. The molecule has 6 nitrogen and oxygen atoms in total. The fraction of sp³-hybridized carbons (Fsp3) is 0.256. The van der Waals surface area contributed by atoms with Crippen LogP contribution in [-0.4, -0.2) is 26.5 Å². The number of anilines is 2. The van der Waals surface area contributed by atoms with Crippen LogP contribution < -0.4 is 11.1 Å². The van der Waals surface area contributed by atoms with Crippen LogP contribution in [0.2, 0.25) is 0 Å². The molecule has 0 spiro atoms. The van der Waals surface area contributed by atoms with E-state index < -0.39 is 34.2 Å². The molecule has 3 N–H and O–H groups in total. The average molecular weight is 872 g/mol. The second-order valence-corrected chi connectivity index (χ2v) is 16.9. The van der Waals surface area contributed by atoms with Crippen molar-refractivity contribution >= 4 is 80.3 Å². The number of aromatic nitrogens is 2. The van der Waals surface area contributed by atoms with Gasteiger partial charge in [-0.1, -0.05) is 18.2 Å². The summed E-state index contributed by atoms with van der Waals surface area (Å²) in [5.74, 6) is -1.90. The van der Waals surface area contributed by atoms with Crippen molar-refractivity contribution < 1.29 is 22.8 Å². The van der Waals surface area contributed by atoms with Crippen LogP contribution in [-0.2, 0) is 25.7 Å². The van der Waals surface area contributed by atoms with Crippen molar-refractivity contribution in [2.75, 3.05) is 16.4 Å². The molecule has 0 atom stereocenters. The lowest BCUT2D eigenvalue weighted by Gasteiger charge is -2.13. The fourth-order valence-corrected chi connectivity index (χ4v) is 9.60. The number of nitrogens with one attached hydrogen (secondary N) is 1. The molecule has 0 unspecified atom stereocenters. The maximum atomic E-state index is 13.7. The smallest absolute Gasteiger partial charge is 0.259 e. The Morgan fingerprint density at radius 2 is 1.19 bits per heavy atom. The van der Waals surface area contributed by atoms with Crippen LogP contribution in [0.3, 0.4) is 0 Å². The monoisotopic (exact) mass is 870 g/mol. The number of nitrogens with two attached hydrogens (primary N) is 1. The second-order valence-electron chi connectivity index (χ2n) is 13.1. The molecule has 57 heavy (non-hydrogen) atoms. The average Bonchev–Trinajstić information content (AvgIpc) is 3.71.